The average Bonchev–Trinajstić information content (AvgIpc) is 4.10. The van der Waals surface area contributed by atoms with Crippen LogP contribution in [0.25, 0.3) is 11.3 Å². The number of alkyl carbamates (subject to hydrolysis) is 1. The Hall–Kier alpha value is -4.73. The molecule has 3 fully saturated rings. The molecule has 0 aliphatic carbocycles. The molecule has 3 aliphatic rings. The molecule has 5 heterocycles. The first-order valence-corrected chi connectivity index (χ1v) is 32.0. The maximum Gasteiger partial charge on any atom is 0.410 e. The first-order chi connectivity index (χ1) is 32.0. The highest BCUT2D eigenvalue weighted by Crippen LogP contribution is 2.36. The van der Waals surface area contributed by atoms with Gasteiger partial charge in [-0.05, 0) is 82.2 Å². The fourth-order valence-corrected chi connectivity index (χ4v) is 10.4. The molecule has 3 aliphatic heterocycles. The van der Waals surface area contributed by atoms with Gasteiger partial charge in [0, 0.05) is 80.5 Å². The molecule has 3 aromatic rings. The molecule has 17 nitrogen and oxygen atoms in total. The minimum atomic E-state index is -1.34. The van der Waals surface area contributed by atoms with Crippen LogP contribution in [0.2, 0.25) is 51.4 Å². The van der Waals surface area contributed by atoms with Gasteiger partial charge < -0.3 is 48.1 Å². The van der Waals surface area contributed by atoms with Crippen LogP contribution in [-0.4, -0.2) is 145 Å². The summed E-state index contributed by atoms with van der Waals surface area (Å²) in [5.41, 5.74) is 2.64. The van der Waals surface area contributed by atoms with Crippen molar-refractivity contribution in [3.8, 4) is 11.3 Å². The molecule has 3 atom stereocenters. The fourth-order valence-electron chi connectivity index (χ4n) is 8.92. The Morgan fingerprint density at radius 1 is 0.794 bits per heavy atom. The lowest BCUT2D eigenvalue weighted by atomic mass is 10.0. The van der Waals surface area contributed by atoms with E-state index >= 15 is 0 Å². The van der Waals surface area contributed by atoms with Gasteiger partial charge >= 0.3 is 12.2 Å². The second-order valence-corrected chi connectivity index (χ2v) is 33.5. The maximum atomic E-state index is 14.2. The molecule has 2 aromatic heterocycles. The summed E-state index contributed by atoms with van der Waals surface area (Å²) in [6, 6.07) is 9.14. The molecule has 0 unspecified atom stereocenters. The van der Waals surface area contributed by atoms with Crippen molar-refractivity contribution < 1.29 is 38.1 Å². The predicted molar refractivity (Wildman–Crippen MR) is 269 cm³/mol. The van der Waals surface area contributed by atoms with Gasteiger partial charge in [-0.15, -0.1) is 0 Å². The van der Waals surface area contributed by atoms with E-state index in [-0.39, 0.29) is 42.6 Å². The van der Waals surface area contributed by atoms with E-state index < -0.39 is 33.9 Å². The predicted octanol–water partition coefficient (Wildman–Crippen LogP) is 8.45. The monoisotopic (exact) mass is 978 g/mol. The number of aromatic nitrogens is 4. The Balaban J connectivity index is 1.16. The third-order valence-corrected chi connectivity index (χ3v) is 16.3. The van der Waals surface area contributed by atoms with Crippen molar-refractivity contribution >= 4 is 45.8 Å². The fraction of sp³-hybridized carbons (Fsp3) is 0.673. The number of anilines is 1. The molecule has 0 saturated carbocycles. The number of nitrogens with one attached hydrogen (secondary N) is 1. The molecule has 376 valence electrons. The smallest absolute Gasteiger partial charge is 0.410 e. The highest BCUT2D eigenvalue weighted by Gasteiger charge is 2.40. The Morgan fingerprint density at radius 2 is 1.38 bits per heavy atom. The summed E-state index contributed by atoms with van der Waals surface area (Å²) in [5, 5.41) is 2.75. The standard InChI is InChI=1S/C49H79N9O8Si2/c1-35(2)42(52-47(61)63-6)46(60)56-21-13-15-39(56)43-50-31-41(58(43)34-65-28-30-68(10,11)12)36-17-19-37(20-18-36)53-23-25-54(26-24-53)45(59)38-32-55(33-64-27-29-67(7,8)9)44(51-38)40-16-14-22-57(40)48(62)66-49(3,4)5/h17-20,31-32,35,39-40,42H,13-16,21-30,33-34H2,1-12H3,(H,52,61)/t39-,40+,42-/m0/s1. The second-order valence-electron chi connectivity index (χ2n) is 22.3. The Bertz CT molecular complexity index is 2190. The summed E-state index contributed by atoms with van der Waals surface area (Å²) >= 11 is 0. The molecule has 19 heteroatoms. The van der Waals surface area contributed by atoms with E-state index in [0.29, 0.717) is 70.7 Å². The van der Waals surface area contributed by atoms with E-state index in [1.165, 1.54) is 7.11 Å². The molecular formula is C49H79N9O8Si2. The number of imidazole rings is 2. The first kappa shape index (κ1) is 52.6. The van der Waals surface area contributed by atoms with E-state index in [9.17, 15) is 19.2 Å². The minimum Gasteiger partial charge on any atom is -0.453 e. The molecule has 68 heavy (non-hydrogen) atoms. The van der Waals surface area contributed by atoms with Crippen LogP contribution in [0.15, 0.2) is 36.7 Å². The number of nitrogens with zero attached hydrogens (tertiary/aromatic N) is 8. The molecule has 6 rings (SSSR count). The Labute approximate surface area is 406 Å². The summed E-state index contributed by atoms with van der Waals surface area (Å²) in [5.74, 6) is 0.987. The molecule has 3 saturated heterocycles. The van der Waals surface area contributed by atoms with Gasteiger partial charge in [-0.2, -0.15) is 0 Å². The van der Waals surface area contributed by atoms with Gasteiger partial charge in [0.15, 0.2) is 0 Å². The zero-order valence-corrected chi connectivity index (χ0v) is 44.9. The third-order valence-electron chi connectivity index (χ3n) is 12.9. The van der Waals surface area contributed by atoms with Gasteiger partial charge in [0.2, 0.25) is 5.91 Å². The highest BCUT2D eigenvalue weighted by atomic mass is 28.3. The van der Waals surface area contributed by atoms with Crippen LogP contribution in [-0.2, 0) is 37.2 Å². The van der Waals surface area contributed by atoms with Gasteiger partial charge in [-0.3, -0.25) is 14.5 Å². The van der Waals surface area contributed by atoms with E-state index in [2.05, 4.69) is 78.3 Å². The van der Waals surface area contributed by atoms with Crippen LogP contribution in [0, 0.1) is 5.92 Å². The van der Waals surface area contributed by atoms with Crippen LogP contribution in [0.3, 0.4) is 0 Å². The molecule has 0 radical (unpaired) electrons. The Morgan fingerprint density at radius 3 is 1.96 bits per heavy atom. The number of carbonyl (C=O) groups excluding carboxylic acids is 4. The molecule has 1 N–H and O–H groups in total. The van der Waals surface area contributed by atoms with E-state index in [4.69, 9.17) is 28.9 Å². The number of likely N-dealkylation sites (tertiary alicyclic amines) is 2. The summed E-state index contributed by atoms with van der Waals surface area (Å²) in [4.78, 5) is 71.4. The molecule has 0 bridgehead atoms. The summed E-state index contributed by atoms with van der Waals surface area (Å²) < 4.78 is 27.2. The third kappa shape index (κ3) is 13.7. The zero-order valence-electron chi connectivity index (χ0n) is 42.9. The maximum absolute atomic E-state index is 14.2. The lowest BCUT2D eigenvalue weighted by molar-refractivity contribution is -0.135. The van der Waals surface area contributed by atoms with Crippen LogP contribution >= 0.6 is 0 Å². The number of ether oxygens (including phenoxy) is 4. The SMILES string of the molecule is COC(=O)N[C@H](C(=O)N1CCC[C@H]1c1ncc(-c2ccc(N3CCN(C(=O)c4cn(COCC[Si](C)(C)C)c([C@H]5CCCN5C(=O)OC(C)(C)C)n4)CC3)cc2)n1COCC[Si](C)(C)C)C(C)C. The van der Waals surface area contributed by atoms with Crippen molar-refractivity contribution in [2.75, 3.05) is 64.5 Å². The van der Waals surface area contributed by atoms with E-state index in [1.807, 2.05) is 55.2 Å². The summed E-state index contributed by atoms with van der Waals surface area (Å²) in [7, 11) is -1.35. The van der Waals surface area contributed by atoms with Gasteiger partial charge in [0.25, 0.3) is 5.91 Å². The van der Waals surface area contributed by atoms with Crippen molar-refractivity contribution in [2.45, 2.75) is 149 Å². The highest BCUT2D eigenvalue weighted by molar-refractivity contribution is 6.76. The number of piperazine rings is 1. The van der Waals surface area contributed by atoms with Gasteiger partial charge in [-0.1, -0.05) is 65.3 Å². The lowest BCUT2D eigenvalue weighted by Gasteiger charge is -2.36. The number of hydrogen-bond acceptors (Lipinski definition) is 11. The molecule has 1 aromatic carbocycles. The number of hydrogen-bond donors (Lipinski definition) is 1. The van der Waals surface area contributed by atoms with E-state index in [1.54, 1.807) is 11.1 Å². The van der Waals surface area contributed by atoms with Gasteiger partial charge in [0.05, 0.1) is 31.1 Å². The number of methoxy groups -OCH3 is 1. The zero-order chi connectivity index (χ0) is 49.6. The van der Waals surface area contributed by atoms with Crippen molar-refractivity contribution in [1.29, 1.82) is 0 Å². The molecular weight excluding hydrogens is 899 g/mol. The number of rotatable bonds is 18. The van der Waals surface area contributed by atoms with E-state index in [0.717, 1.165) is 60.5 Å². The number of benzene rings is 1. The molecule has 0 spiro atoms. The molecule has 4 amide bonds. The first-order valence-electron chi connectivity index (χ1n) is 24.6. The van der Waals surface area contributed by atoms with Gasteiger partial charge in [-0.25, -0.2) is 19.6 Å². The van der Waals surface area contributed by atoms with Crippen LogP contribution < -0.4 is 10.2 Å². The van der Waals surface area contributed by atoms with Crippen molar-refractivity contribution in [1.82, 2.24) is 39.1 Å². The normalized spacial score (nSPS) is 18.7. The van der Waals surface area contributed by atoms with Crippen LogP contribution in [0.4, 0.5) is 15.3 Å². The lowest BCUT2D eigenvalue weighted by Crippen LogP contribution is -2.51. The van der Waals surface area contributed by atoms with Crippen molar-refractivity contribution in [3.05, 3.63) is 54.0 Å². The van der Waals surface area contributed by atoms with Crippen molar-refractivity contribution in [3.63, 3.8) is 0 Å². The average molecular weight is 978 g/mol. The summed E-state index contributed by atoms with van der Waals surface area (Å²) in [6.45, 7) is 28.6. The van der Waals surface area contributed by atoms with Crippen LogP contribution in [0.5, 0.6) is 0 Å². The number of carbonyl (C=O) groups is 4. The van der Waals surface area contributed by atoms with Crippen LogP contribution in [0.1, 0.15) is 94.5 Å². The van der Waals surface area contributed by atoms with Gasteiger partial charge in [0.1, 0.15) is 42.4 Å². The quantitative estimate of drug-likeness (QED) is 0.0961. The second kappa shape index (κ2) is 22.4. The Kier molecular flexibility index (Phi) is 17.3. The minimum absolute atomic E-state index is 0.137. The largest absolute Gasteiger partial charge is 0.453 e. The topological polar surface area (TPSA) is 166 Å². The van der Waals surface area contributed by atoms with Crippen molar-refractivity contribution in [2.24, 2.45) is 5.92 Å². The number of amides is 4. The summed E-state index contributed by atoms with van der Waals surface area (Å²) in [6.07, 6.45) is 5.77.